The van der Waals surface area contributed by atoms with Gasteiger partial charge in [0.2, 0.25) is 29.5 Å². The minimum absolute atomic E-state index is 0.0745. The van der Waals surface area contributed by atoms with Crippen LogP contribution in [0.4, 0.5) is 4.79 Å². The van der Waals surface area contributed by atoms with Crippen LogP contribution in [0.1, 0.15) is 91.2 Å². The fourth-order valence-electron chi connectivity index (χ4n) is 7.70. The molecular weight excluding hydrogens is 872 g/mol. The van der Waals surface area contributed by atoms with Crippen molar-refractivity contribution in [2.45, 2.75) is 129 Å². The number of urea groups is 1. The van der Waals surface area contributed by atoms with Crippen LogP contribution >= 0.6 is 15.9 Å². The van der Waals surface area contributed by atoms with Gasteiger partial charge in [0, 0.05) is 48.0 Å². The van der Waals surface area contributed by atoms with Gasteiger partial charge in [-0.3, -0.25) is 24.0 Å². The first kappa shape index (κ1) is 50.2. The second-order valence-electron chi connectivity index (χ2n) is 17.5. The van der Waals surface area contributed by atoms with Crippen molar-refractivity contribution in [3.63, 3.8) is 0 Å². The Balaban J connectivity index is 1.75. The van der Waals surface area contributed by atoms with Crippen LogP contribution in [0.3, 0.4) is 0 Å². The Morgan fingerprint density at radius 2 is 1.48 bits per heavy atom. The van der Waals surface area contributed by atoms with E-state index in [4.69, 9.17) is 0 Å². The number of carboxylic acids is 1. The van der Waals surface area contributed by atoms with Gasteiger partial charge >= 0.3 is 12.0 Å². The van der Waals surface area contributed by atoms with E-state index in [2.05, 4.69) is 52.8 Å². The molecule has 3 aromatic rings. The minimum Gasteiger partial charge on any atom is -0.480 e. The first-order valence-corrected chi connectivity index (χ1v) is 22.7. The number of hydrogen-bond donors (Lipinski definition) is 8. The summed E-state index contributed by atoms with van der Waals surface area (Å²) in [6.45, 7) is 11.2. The first-order valence-electron chi connectivity index (χ1n) is 21.9. The number of nitrogens with one attached hydrogen (secondary N) is 7. The lowest BCUT2D eigenvalue weighted by Gasteiger charge is -2.33. The Labute approximate surface area is 378 Å². The van der Waals surface area contributed by atoms with Gasteiger partial charge in [0.25, 0.3) is 0 Å². The normalized spacial score (nSPS) is 22.2. The number of carbonyl (C=O) groups excluding carboxylic acids is 6. The molecule has 0 unspecified atom stereocenters. The second kappa shape index (κ2) is 23.8. The number of aromatic amines is 1. The number of benzene rings is 2. The van der Waals surface area contributed by atoms with E-state index in [0.29, 0.717) is 19.3 Å². The third-order valence-corrected chi connectivity index (χ3v) is 11.9. The highest BCUT2D eigenvalue weighted by Crippen LogP contribution is 2.25. The Kier molecular flexibility index (Phi) is 19.0. The van der Waals surface area contributed by atoms with Crippen molar-refractivity contribution in [3.8, 4) is 0 Å². The zero-order chi connectivity index (χ0) is 46.4. The van der Waals surface area contributed by atoms with Crippen LogP contribution < -0.4 is 31.9 Å². The fraction of sp³-hybridized carbons (Fsp3) is 0.543. The molecule has 2 heterocycles. The van der Waals surface area contributed by atoms with E-state index in [1.54, 1.807) is 20.0 Å². The Morgan fingerprint density at radius 1 is 0.825 bits per heavy atom. The summed E-state index contributed by atoms with van der Waals surface area (Å²) in [5, 5.41) is 27.3. The molecule has 0 spiro atoms. The van der Waals surface area contributed by atoms with Crippen LogP contribution in [0.5, 0.6) is 0 Å². The van der Waals surface area contributed by atoms with Crippen LogP contribution in [0, 0.1) is 17.8 Å². The van der Waals surface area contributed by atoms with Crippen molar-refractivity contribution in [1.82, 2.24) is 41.8 Å². The fourth-order valence-corrected chi connectivity index (χ4v) is 8.06. The molecular formula is C46H65BrN8O8. The molecule has 0 aliphatic carbocycles. The van der Waals surface area contributed by atoms with E-state index in [0.717, 1.165) is 26.5 Å². The quantitative estimate of drug-likeness (QED) is 0.121. The number of H-pyrrole nitrogens is 1. The topological polar surface area (TPSA) is 231 Å². The molecule has 8 N–H and O–H groups in total. The van der Waals surface area contributed by atoms with E-state index >= 15 is 0 Å². The van der Waals surface area contributed by atoms with Gasteiger partial charge in [-0.2, -0.15) is 0 Å². The van der Waals surface area contributed by atoms with E-state index in [-0.39, 0.29) is 50.5 Å². The van der Waals surface area contributed by atoms with Crippen LogP contribution in [0.15, 0.2) is 59.2 Å². The molecule has 7 atom stereocenters. The van der Waals surface area contributed by atoms with E-state index in [1.807, 2.05) is 76.2 Å². The van der Waals surface area contributed by atoms with Crippen LogP contribution in [0.25, 0.3) is 10.9 Å². The van der Waals surface area contributed by atoms with Gasteiger partial charge in [0.15, 0.2) is 0 Å². The van der Waals surface area contributed by atoms with Crippen molar-refractivity contribution >= 4 is 68.4 Å². The van der Waals surface area contributed by atoms with Crippen molar-refractivity contribution < 1.29 is 38.7 Å². The first-order chi connectivity index (χ1) is 29.9. The highest BCUT2D eigenvalue weighted by molar-refractivity contribution is 9.10. The summed E-state index contributed by atoms with van der Waals surface area (Å²) < 4.78 is 0.825. The summed E-state index contributed by atoms with van der Waals surface area (Å²) in [7, 11) is 1.51. The number of carboxylic acid groups (broad SMARTS) is 1. The van der Waals surface area contributed by atoms with Crippen LogP contribution in [-0.2, 0) is 41.6 Å². The van der Waals surface area contributed by atoms with Crippen molar-refractivity contribution in [3.05, 3.63) is 70.3 Å². The van der Waals surface area contributed by atoms with Gasteiger partial charge in [-0.25, -0.2) is 9.59 Å². The van der Waals surface area contributed by atoms with Crippen molar-refractivity contribution in [2.75, 3.05) is 13.6 Å². The summed E-state index contributed by atoms with van der Waals surface area (Å²) in [5.41, 5.74) is 2.39. The number of likely N-dealkylation sites (N-methyl/N-ethyl adjacent to an activating group) is 1. The smallest absolute Gasteiger partial charge is 0.326 e. The maximum absolute atomic E-state index is 14.7. The van der Waals surface area contributed by atoms with Crippen LogP contribution in [-0.4, -0.2) is 106 Å². The largest absolute Gasteiger partial charge is 0.480 e. The van der Waals surface area contributed by atoms with E-state index in [1.165, 1.54) is 11.9 Å². The minimum atomic E-state index is -1.22. The van der Waals surface area contributed by atoms with Crippen molar-refractivity contribution in [1.29, 1.82) is 0 Å². The SMILES string of the molecule is CC[C@H](C)[C@H](NC(=O)N[C@@H]1CCCCNC(=O)[C@H](Cc2ccccc2)NC(=O)[C@H](Cc2c[nH]c3ccc(Br)cc23)N(C)C(=O)[C@H](CC(C)C)NC(=O)[C@H](CC(C)C)NC1=O)C(=O)O. The molecule has 344 valence electrons. The number of nitrogens with zero attached hydrogens (tertiary/aromatic N) is 1. The molecule has 1 fully saturated rings. The summed E-state index contributed by atoms with van der Waals surface area (Å²) >= 11 is 3.54. The maximum atomic E-state index is 14.7. The predicted octanol–water partition coefficient (Wildman–Crippen LogP) is 4.56. The van der Waals surface area contributed by atoms with Gasteiger partial charge in [-0.15, -0.1) is 0 Å². The highest BCUT2D eigenvalue weighted by Gasteiger charge is 2.37. The summed E-state index contributed by atoms with van der Waals surface area (Å²) in [6, 6.07) is 7.30. The molecule has 1 saturated heterocycles. The molecule has 0 saturated carbocycles. The third kappa shape index (κ3) is 14.8. The summed E-state index contributed by atoms with van der Waals surface area (Å²) in [6.07, 6.45) is 3.69. The Hall–Kier alpha value is -5.45. The predicted molar refractivity (Wildman–Crippen MR) is 244 cm³/mol. The van der Waals surface area contributed by atoms with Gasteiger partial charge in [-0.05, 0) is 79.2 Å². The second-order valence-corrected chi connectivity index (χ2v) is 18.4. The van der Waals surface area contributed by atoms with E-state index < -0.39 is 83.7 Å². The van der Waals surface area contributed by atoms with Gasteiger partial charge < -0.3 is 46.9 Å². The maximum Gasteiger partial charge on any atom is 0.326 e. The Morgan fingerprint density at radius 3 is 2.13 bits per heavy atom. The monoisotopic (exact) mass is 936 g/mol. The van der Waals surface area contributed by atoms with Gasteiger partial charge in [0.1, 0.15) is 36.3 Å². The standard InChI is InChI=1S/C46H65BrN8O8/c1-8-28(6)39(45(61)62)54-46(63)53-34-16-12-13-19-48-40(56)36(22-29-14-10-9-11-15-29)51-43(59)38(23-30-25-49-33-18-17-31(47)24-32(30)33)55(7)44(60)37(21-27(4)5)52-42(58)35(20-26(2)3)50-41(34)57/h9-11,14-15,17-18,24-28,34-39,49H,8,12-13,16,19-23H2,1-7H3,(H,48,56)(H,50,57)(H,51,59)(H,52,58)(H,61,62)(H2,53,54,63)/t28-,34+,35-,36-,37-,38-,39-/m0/s1. The number of halogens is 1. The molecule has 7 amide bonds. The van der Waals surface area contributed by atoms with Gasteiger partial charge in [-0.1, -0.05) is 94.2 Å². The number of aromatic nitrogens is 1. The lowest BCUT2D eigenvalue weighted by molar-refractivity contribution is -0.143. The lowest BCUT2D eigenvalue weighted by atomic mass is 9.97. The molecule has 1 aliphatic heterocycles. The number of rotatable bonds is 13. The highest BCUT2D eigenvalue weighted by atomic mass is 79.9. The average Bonchev–Trinajstić information content (AvgIpc) is 3.63. The zero-order valence-electron chi connectivity index (χ0n) is 37.4. The number of amides is 7. The Bertz CT molecular complexity index is 2060. The van der Waals surface area contributed by atoms with Crippen molar-refractivity contribution in [2.24, 2.45) is 17.8 Å². The molecule has 1 aromatic heterocycles. The average molecular weight is 938 g/mol. The summed E-state index contributed by atoms with van der Waals surface area (Å²) in [4.78, 5) is 102. The van der Waals surface area contributed by atoms with Gasteiger partial charge in [0.05, 0.1) is 0 Å². The number of hydrogen-bond acceptors (Lipinski definition) is 7. The third-order valence-electron chi connectivity index (χ3n) is 11.4. The molecule has 2 aromatic carbocycles. The number of aliphatic carboxylic acids is 1. The van der Waals surface area contributed by atoms with Crippen LogP contribution in [0.2, 0.25) is 0 Å². The molecule has 0 radical (unpaired) electrons. The molecule has 17 heteroatoms. The summed E-state index contributed by atoms with van der Waals surface area (Å²) in [5.74, 6) is -4.62. The molecule has 0 bridgehead atoms. The number of fused-ring (bicyclic) bond motifs is 1. The van der Waals surface area contributed by atoms with E-state index in [9.17, 15) is 38.7 Å². The lowest BCUT2D eigenvalue weighted by Crippen LogP contribution is -2.60. The molecule has 1 aliphatic rings. The molecule has 4 rings (SSSR count). The molecule has 16 nitrogen and oxygen atoms in total. The molecule has 63 heavy (non-hydrogen) atoms. The number of carbonyl (C=O) groups is 7. The zero-order valence-corrected chi connectivity index (χ0v) is 39.0.